The Hall–Kier alpha value is -2.05. The Balaban J connectivity index is 2.92. The van der Waals surface area contributed by atoms with Gasteiger partial charge in [0.2, 0.25) is 0 Å². The molecule has 0 saturated carbocycles. The number of unbranched alkanes of at least 4 members (excludes halogenated alkanes) is 2. The second-order valence-electron chi connectivity index (χ2n) is 6.00. The summed E-state index contributed by atoms with van der Waals surface area (Å²) < 4.78 is 6.75. The summed E-state index contributed by atoms with van der Waals surface area (Å²) in [6.07, 6.45) is 6.47. The summed E-state index contributed by atoms with van der Waals surface area (Å²) in [6.45, 7) is 10.3. The van der Waals surface area contributed by atoms with Gasteiger partial charge in [0.05, 0.1) is 6.61 Å². The van der Waals surface area contributed by atoms with Crippen LogP contribution in [0.4, 0.5) is 10.6 Å². The molecule has 0 saturated heterocycles. The molecule has 7 heteroatoms. The highest BCUT2D eigenvalue weighted by Gasteiger charge is 2.21. The van der Waals surface area contributed by atoms with E-state index < -0.39 is 5.97 Å². The number of nitrogens with one attached hydrogen (secondary N) is 1. The summed E-state index contributed by atoms with van der Waals surface area (Å²) in [6, 6.07) is -0.214. The number of urea groups is 1. The largest absolute Gasteiger partial charge is 0.462 e. The normalized spacial score (nSPS) is 10.6. The highest BCUT2D eigenvalue weighted by Crippen LogP contribution is 2.16. The van der Waals surface area contributed by atoms with Crippen molar-refractivity contribution in [2.45, 2.75) is 66.3 Å². The van der Waals surface area contributed by atoms with E-state index in [4.69, 9.17) is 4.74 Å². The maximum atomic E-state index is 12.6. The molecule has 0 aliphatic heterocycles. The number of hydrogen-bond donors (Lipinski definition) is 1. The van der Waals surface area contributed by atoms with Gasteiger partial charge >= 0.3 is 12.0 Å². The average Bonchev–Trinajstić information content (AvgIpc) is 2.98. The lowest BCUT2D eigenvalue weighted by Gasteiger charge is -2.22. The number of hydrogen-bond acceptors (Lipinski definition) is 4. The SMILES string of the molecule is CCCCN(CCCC)C(=O)Nc1nn(CCC)cc1C(=O)OCC. The highest BCUT2D eigenvalue weighted by atomic mass is 16.5. The van der Waals surface area contributed by atoms with Gasteiger partial charge in [-0.3, -0.25) is 10.00 Å². The van der Waals surface area contributed by atoms with E-state index in [0.29, 0.717) is 25.2 Å². The number of nitrogens with zero attached hydrogens (tertiary/aromatic N) is 3. The zero-order chi connectivity index (χ0) is 18.7. The van der Waals surface area contributed by atoms with Crippen molar-refractivity contribution in [2.75, 3.05) is 25.0 Å². The van der Waals surface area contributed by atoms with Crippen LogP contribution in [-0.2, 0) is 11.3 Å². The Morgan fingerprint density at radius 1 is 1.12 bits per heavy atom. The number of ether oxygens (including phenoxy) is 1. The van der Waals surface area contributed by atoms with Crippen LogP contribution in [0.5, 0.6) is 0 Å². The molecule has 142 valence electrons. The lowest BCUT2D eigenvalue weighted by atomic mass is 10.2. The first-order valence-electron chi connectivity index (χ1n) is 9.37. The smallest absolute Gasteiger partial charge is 0.343 e. The minimum absolute atomic E-state index is 0.214. The van der Waals surface area contributed by atoms with Gasteiger partial charge in [0.25, 0.3) is 0 Å². The number of carbonyl (C=O) groups excluding carboxylic acids is 2. The zero-order valence-electron chi connectivity index (χ0n) is 16.0. The molecular formula is C18H32N4O3. The van der Waals surface area contributed by atoms with Crippen LogP contribution in [0.15, 0.2) is 6.20 Å². The second-order valence-corrected chi connectivity index (χ2v) is 6.00. The molecular weight excluding hydrogens is 320 g/mol. The maximum absolute atomic E-state index is 12.6. The van der Waals surface area contributed by atoms with E-state index in [2.05, 4.69) is 24.3 Å². The molecule has 25 heavy (non-hydrogen) atoms. The molecule has 0 spiro atoms. The Labute approximate surface area is 150 Å². The van der Waals surface area contributed by atoms with Crippen LogP contribution in [0.25, 0.3) is 0 Å². The molecule has 0 radical (unpaired) electrons. The van der Waals surface area contributed by atoms with Gasteiger partial charge in [0.15, 0.2) is 5.82 Å². The number of aryl methyl sites for hydroxylation is 1. The minimum Gasteiger partial charge on any atom is -0.462 e. The van der Waals surface area contributed by atoms with Crippen molar-refractivity contribution >= 4 is 17.8 Å². The highest BCUT2D eigenvalue weighted by molar-refractivity contribution is 5.99. The number of amides is 2. The lowest BCUT2D eigenvalue weighted by molar-refractivity contribution is 0.0527. The maximum Gasteiger partial charge on any atom is 0.343 e. The van der Waals surface area contributed by atoms with E-state index in [1.54, 1.807) is 22.7 Å². The fraction of sp³-hybridized carbons (Fsp3) is 0.722. The number of rotatable bonds is 11. The van der Waals surface area contributed by atoms with Crippen molar-refractivity contribution in [1.82, 2.24) is 14.7 Å². The molecule has 0 fully saturated rings. The van der Waals surface area contributed by atoms with E-state index in [-0.39, 0.29) is 18.5 Å². The van der Waals surface area contributed by atoms with Crippen LogP contribution in [0, 0.1) is 0 Å². The third-order valence-corrected chi connectivity index (χ3v) is 3.79. The first kappa shape index (κ1) is 21.0. The molecule has 2 amide bonds. The Kier molecular flexibility index (Phi) is 9.65. The second kappa shape index (κ2) is 11.5. The van der Waals surface area contributed by atoms with Crippen LogP contribution in [-0.4, -0.2) is 46.4 Å². The summed E-state index contributed by atoms with van der Waals surface area (Å²) in [7, 11) is 0. The summed E-state index contributed by atoms with van der Waals surface area (Å²) >= 11 is 0. The zero-order valence-corrected chi connectivity index (χ0v) is 16.0. The fourth-order valence-electron chi connectivity index (χ4n) is 2.41. The van der Waals surface area contributed by atoms with Gasteiger partial charge < -0.3 is 9.64 Å². The molecule has 0 unspecified atom stereocenters. The molecule has 0 bridgehead atoms. The topological polar surface area (TPSA) is 76.5 Å². The van der Waals surface area contributed by atoms with Crippen LogP contribution in [0.3, 0.4) is 0 Å². The predicted octanol–water partition coefficient (Wildman–Crippen LogP) is 3.90. The van der Waals surface area contributed by atoms with Crippen LogP contribution >= 0.6 is 0 Å². The first-order chi connectivity index (χ1) is 12.1. The van der Waals surface area contributed by atoms with Crippen molar-refractivity contribution in [3.63, 3.8) is 0 Å². The van der Waals surface area contributed by atoms with Crippen molar-refractivity contribution in [2.24, 2.45) is 0 Å². The Bertz CT molecular complexity index is 534. The van der Waals surface area contributed by atoms with Crippen molar-refractivity contribution in [3.05, 3.63) is 11.8 Å². The Morgan fingerprint density at radius 2 is 1.76 bits per heavy atom. The van der Waals surface area contributed by atoms with E-state index in [1.807, 2.05) is 6.92 Å². The summed E-state index contributed by atoms with van der Waals surface area (Å²) in [4.78, 5) is 26.6. The van der Waals surface area contributed by atoms with Gasteiger partial charge in [-0.05, 0) is 26.2 Å². The van der Waals surface area contributed by atoms with Gasteiger partial charge in [-0.1, -0.05) is 33.6 Å². The molecule has 0 aliphatic rings. The molecule has 0 atom stereocenters. The summed E-state index contributed by atoms with van der Waals surface area (Å²) in [5, 5.41) is 7.14. The summed E-state index contributed by atoms with van der Waals surface area (Å²) in [5.41, 5.74) is 0.301. The van der Waals surface area contributed by atoms with Gasteiger partial charge in [-0.15, -0.1) is 0 Å². The molecule has 1 N–H and O–H groups in total. The number of anilines is 1. The van der Waals surface area contributed by atoms with Crippen molar-refractivity contribution < 1.29 is 14.3 Å². The first-order valence-corrected chi connectivity index (χ1v) is 9.37. The standard InChI is InChI=1S/C18H32N4O3/c1-5-9-12-21(13-10-6-2)18(24)19-16-15(17(23)25-8-4)14-22(20-16)11-7-3/h14H,5-13H2,1-4H3,(H,19,20,24). The lowest BCUT2D eigenvalue weighted by Crippen LogP contribution is -2.37. The van der Waals surface area contributed by atoms with Gasteiger partial charge in [0, 0.05) is 25.8 Å². The average molecular weight is 352 g/mol. The molecule has 1 aromatic heterocycles. The third kappa shape index (κ3) is 6.76. The van der Waals surface area contributed by atoms with Crippen molar-refractivity contribution in [1.29, 1.82) is 0 Å². The van der Waals surface area contributed by atoms with E-state index >= 15 is 0 Å². The molecule has 0 aromatic carbocycles. The number of aromatic nitrogens is 2. The van der Waals surface area contributed by atoms with Crippen LogP contribution in [0.1, 0.15) is 70.2 Å². The van der Waals surface area contributed by atoms with Gasteiger partial charge in [0.1, 0.15) is 5.56 Å². The van der Waals surface area contributed by atoms with E-state index in [0.717, 1.165) is 32.1 Å². The van der Waals surface area contributed by atoms with Crippen molar-refractivity contribution in [3.8, 4) is 0 Å². The van der Waals surface area contributed by atoms with Crippen LogP contribution in [0.2, 0.25) is 0 Å². The van der Waals surface area contributed by atoms with E-state index in [9.17, 15) is 9.59 Å². The minimum atomic E-state index is -0.464. The fourth-order valence-corrected chi connectivity index (χ4v) is 2.41. The molecule has 1 heterocycles. The quantitative estimate of drug-likeness (QED) is 0.613. The molecule has 1 aromatic rings. The monoisotopic (exact) mass is 352 g/mol. The van der Waals surface area contributed by atoms with Crippen LogP contribution < -0.4 is 5.32 Å². The van der Waals surface area contributed by atoms with Gasteiger partial charge in [-0.25, -0.2) is 9.59 Å². The molecule has 0 aliphatic carbocycles. The summed E-state index contributed by atoms with van der Waals surface area (Å²) in [5.74, 6) is -0.191. The number of carbonyl (C=O) groups is 2. The third-order valence-electron chi connectivity index (χ3n) is 3.79. The predicted molar refractivity (Wildman–Crippen MR) is 98.9 cm³/mol. The van der Waals surface area contributed by atoms with Gasteiger partial charge in [-0.2, -0.15) is 5.10 Å². The van der Waals surface area contributed by atoms with E-state index in [1.165, 1.54) is 0 Å². The molecule has 1 rings (SSSR count). The Morgan fingerprint density at radius 3 is 2.28 bits per heavy atom. The number of esters is 1. The molecule has 7 nitrogen and oxygen atoms in total.